The van der Waals surface area contributed by atoms with Crippen LogP contribution < -0.4 is 5.32 Å². The summed E-state index contributed by atoms with van der Waals surface area (Å²) >= 11 is 0. The Bertz CT molecular complexity index is 2410. The molecule has 0 aromatic carbocycles. The Kier molecular flexibility index (Phi) is 63.8. The van der Waals surface area contributed by atoms with Crippen LogP contribution in [-0.2, 0) is 33.2 Å². The molecule has 0 aromatic rings. The number of unbranched alkanes of at least 4 members (excludes halogenated alkanes) is 38. The third kappa shape index (κ3) is 48.1. The summed E-state index contributed by atoms with van der Waals surface area (Å²) in [5.41, 5.74) is 0. The second kappa shape index (κ2) is 69.7. The first-order chi connectivity index (χ1) is 53.8. The molecular weight excluding hydrogens is 1390 g/mol. The van der Waals surface area contributed by atoms with Gasteiger partial charge in [-0.1, -0.05) is 348 Å². The summed E-state index contributed by atoms with van der Waals surface area (Å²) in [6, 6.07) is -0.980. The predicted octanol–water partition coefficient (Wildman–Crippen LogP) is 16.5. The highest BCUT2D eigenvalue weighted by atomic mass is 16.8. The molecule has 3 saturated heterocycles. The zero-order valence-electron chi connectivity index (χ0n) is 68.5. The van der Waals surface area contributed by atoms with E-state index in [1.807, 2.05) is 6.08 Å². The van der Waals surface area contributed by atoms with E-state index in [4.69, 9.17) is 28.4 Å². The molecule has 17 atom stereocenters. The maximum Gasteiger partial charge on any atom is 0.220 e. The van der Waals surface area contributed by atoms with Gasteiger partial charge in [0.05, 0.1) is 38.6 Å². The molecule has 3 aliphatic rings. The standard InChI is InChI=1S/C91H159NO18/c1-3-5-7-9-11-13-15-17-19-21-23-25-27-29-30-31-32-33-34-35-36-37-38-39-40-41-42-43-44-45-47-49-51-53-55-57-59-61-63-65-67-69-79(97)92-74(75(96)68-66-64-62-60-58-56-54-52-50-48-46-28-26-24-22-20-18-16-14-12-10-8-6-4-2)73-105-89-85(103)82(100)87(77(71-94)107-89)110-91-86(104)83(101)88(78(72-95)108-91)109-90-84(102)81(99)80(98)76(70-93)106-90/h5,7,11,13,17,19,23,25,29-30,32-33,35-36,38-39,66,68,74-78,80-91,93-96,98-104H,3-4,6,8-10,12,14-16,18,20-22,24,26-28,31,34,37,40-65,67,69-73H2,1-2H3,(H,92,97)/b7-5-,13-11-,19-17-,25-23-,30-29-,33-32-,36-35-,39-38-,68-66+. The van der Waals surface area contributed by atoms with Gasteiger partial charge in [0.2, 0.25) is 5.91 Å². The third-order valence-corrected chi connectivity index (χ3v) is 21.3. The monoisotopic (exact) mass is 1550 g/mol. The summed E-state index contributed by atoms with van der Waals surface area (Å²) < 4.78 is 34.5. The number of hydrogen-bond donors (Lipinski definition) is 12. The Morgan fingerprint density at radius 2 is 0.627 bits per heavy atom. The fourth-order valence-electron chi connectivity index (χ4n) is 14.3. The van der Waals surface area contributed by atoms with Crippen molar-refractivity contribution in [3.05, 3.63) is 109 Å². The topological polar surface area (TPSA) is 307 Å². The fraction of sp³-hybridized carbons (Fsp3) is 0.791. The highest BCUT2D eigenvalue weighted by Crippen LogP contribution is 2.33. The largest absolute Gasteiger partial charge is 0.394 e. The van der Waals surface area contributed by atoms with E-state index in [9.17, 15) is 61.0 Å². The lowest BCUT2D eigenvalue weighted by Gasteiger charge is -2.48. The average Bonchev–Trinajstić information content (AvgIpc) is 0.782. The summed E-state index contributed by atoms with van der Waals surface area (Å²) in [7, 11) is 0. The van der Waals surface area contributed by atoms with Crippen molar-refractivity contribution >= 4 is 5.91 Å². The maximum atomic E-state index is 13.5. The Morgan fingerprint density at radius 3 is 0.982 bits per heavy atom. The predicted molar refractivity (Wildman–Crippen MR) is 443 cm³/mol. The second-order valence-corrected chi connectivity index (χ2v) is 31.0. The van der Waals surface area contributed by atoms with Crippen molar-refractivity contribution in [3.8, 4) is 0 Å². The molecule has 3 fully saturated rings. The van der Waals surface area contributed by atoms with E-state index in [-0.39, 0.29) is 18.9 Å². The van der Waals surface area contributed by atoms with E-state index in [0.717, 1.165) is 96.3 Å². The summed E-state index contributed by atoms with van der Waals surface area (Å²) in [5, 5.41) is 121. The zero-order chi connectivity index (χ0) is 79.5. The van der Waals surface area contributed by atoms with Crippen LogP contribution in [0.15, 0.2) is 109 Å². The molecule has 636 valence electrons. The lowest BCUT2D eigenvalue weighted by Crippen LogP contribution is -2.66. The number of nitrogens with one attached hydrogen (secondary N) is 1. The van der Waals surface area contributed by atoms with Crippen LogP contribution in [0.4, 0.5) is 0 Å². The first-order valence-corrected chi connectivity index (χ1v) is 44.1. The Balaban J connectivity index is 1.32. The number of rotatable bonds is 70. The molecule has 0 bridgehead atoms. The summed E-state index contributed by atoms with van der Waals surface area (Å²) in [6.07, 6.45) is 70.8. The van der Waals surface area contributed by atoms with Crippen molar-refractivity contribution in [2.75, 3.05) is 26.4 Å². The molecule has 0 saturated carbocycles. The molecule has 0 aliphatic carbocycles. The number of carbonyl (C=O) groups excluding carboxylic acids is 1. The normalized spacial score (nSPS) is 25.7. The van der Waals surface area contributed by atoms with E-state index < -0.39 is 124 Å². The number of allylic oxidation sites excluding steroid dienone is 17. The van der Waals surface area contributed by atoms with Crippen LogP contribution >= 0.6 is 0 Å². The molecule has 0 aromatic heterocycles. The van der Waals surface area contributed by atoms with Gasteiger partial charge < -0.3 is 89.9 Å². The van der Waals surface area contributed by atoms with Crippen molar-refractivity contribution in [2.45, 2.75) is 433 Å². The fourth-order valence-corrected chi connectivity index (χ4v) is 14.3. The van der Waals surface area contributed by atoms with Gasteiger partial charge >= 0.3 is 0 Å². The van der Waals surface area contributed by atoms with Crippen molar-refractivity contribution in [3.63, 3.8) is 0 Å². The number of aliphatic hydroxyl groups excluding tert-OH is 11. The molecule has 0 radical (unpaired) electrons. The van der Waals surface area contributed by atoms with Gasteiger partial charge in [-0.2, -0.15) is 0 Å². The number of aliphatic hydroxyl groups is 11. The molecule has 3 aliphatic heterocycles. The minimum Gasteiger partial charge on any atom is -0.394 e. The number of amides is 1. The van der Waals surface area contributed by atoms with Gasteiger partial charge in [-0.25, -0.2) is 0 Å². The van der Waals surface area contributed by atoms with Crippen LogP contribution in [0.25, 0.3) is 0 Å². The molecule has 12 N–H and O–H groups in total. The SMILES string of the molecule is CC/C=C\C/C=C\C/C=C\C/C=C\C/C=C\C/C=C\C/C=C\C/C=C\CCCCCCCCCCCCCCCCCCC(=O)NC(COC1OC(CO)C(OC2OC(CO)C(OC3OC(CO)C(O)C(O)C3O)C(O)C2O)C(O)C1O)C(O)/C=C/CCCCCCCCCCCCCCCCCCCCCCCC. The van der Waals surface area contributed by atoms with Crippen molar-refractivity contribution in [1.29, 1.82) is 0 Å². The van der Waals surface area contributed by atoms with E-state index >= 15 is 0 Å². The van der Waals surface area contributed by atoms with Gasteiger partial charge in [-0.05, 0) is 83.5 Å². The van der Waals surface area contributed by atoms with E-state index in [0.29, 0.717) is 6.42 Å². The third-order valence-electron chi connectivity index (χ3n) is 21.3. The van der Waals surface area contributed by atoms with Crippen LogP contribution in [0.5, 0.6) is 0 Å². The van der Waals surface area contributed by atoms with Gasteiger partial charge in [0.25, 0.3) is 0 Å². The Labute approximate surface area is 665 Å². The minimum atomic E-state index is -1.98. The molecular formula is C91H159NO18. The van der Waals surface area contributed by atoms with E-state index in [2.05, 4.69) is 116 Å². The zero-order valence-corrected chi connectivity index (χ0v) is 68.5. The smallest absolute Gasteiger partial charge is 0.220 e. The molecule has 110 heavy (non-hydrogen) atoms. The summed E-state index contributed by atoms with van der Waals surface area (Å²) in [6.45, 7) is 1.66. The van der Waals surface area contributed by atoms with Crippen LogP contribution in [0.3, 0.4) is 0 Å². The molecule has 19 heteroatoms. The molecule has 0 spiro atoms. The molecule has 3 rings (SSSR count). The highest BCUT2D eigenvalue weighted by molar-refractivity contribution is 5.76. The van der Waals surface area contributed by atoms with Gasteiger partial charge in [-0.3, -0.25) is 4.79 Å². The molecule has 3 heterocycles. The van der Waals surface area contributed by atoms with Crippen LogP contribution in [-0.4, -0.2) is 193 Å². The van der Waals surface area contributed by atoms with E-state index in [1.54, 1.807) is 6.08 Å². The lowest BCUT2D eigenvalue weighted by molar-refractivity contribution is -0.379. The number of hydrogen-bond acceptors (Lipinski definition) is 18. The first kappa shape index (κ1) is 101. The van der Waals surface area contributed by atoms with Gasteiger partial charge in [0, 0.05) is 6.42 Å². The number of carbonyl (C=O) groups is 1. The van der Waals surface area contributed by atoms with Gasteiger partial charge in [0.15, 0.2) is 18.9 Å². The lowest BCUT2D eigenvalue weighted by atomic mass is 9.96. The van der Waals surface area contributed by atoms with E-state index in [1.165, 1.54) is 205 Å². The minimum absolute atomic E-state index is 0.240. The van der Waals surface area contributed by atoms with Crippen molar-refractivity contribution < 1.29 is 89.4 Å². The van der Waals surface area contributed by atoms with Crippen LogP contribution in [0.1, 0.15) is 328 Å². The van der Waals surface area contributed by atoms with Gasteiger partial charge in [0.1, 0.15) is 73.2 Å². The second-order valence-electron chi connectivity index (χ2n) is 31.0. The van der Waals surface area contributed by atoms with Crippen LogP contribution in [0.2, 0.25) is 0 Å². The van der Waals surface area contributed by atoms with Crippen LogP contribution in [0, 0.1) is 0 Å². The van der Waals surface area contributed by atoms with Crippen molar-refractivity contribution in [2.24, 2.45) is 0 Å². The highest BCUT2D eigenvalue weighted by Gasteiger charge is 2.54. The van der Waals surface area contributed by atoms with Gasteiger partial charge in [-0.15, -0.1) is 0 Å². The summed E-state index contributed by atoms with van der Waals surface area (Å²) in [5.74, 6) is -0.274. The first-order valence-electron chi connectivity index (χ1n) is 44.1. The number of ether oxygens (including phenoxy) is 6. The molecule has 19 nitrogen and oxygen atoms in total. The quantitative estimate of drug-likeness (QED) is 0.0199. The molecule has 17 unspecified atom stereocenters. The van der Waals surface area contributed by atoms with Crippen molar-refractivity contribution in [1.82, 2.24) is 5.32 Å². The average molecular weight is 1560 g/mol. The Morgan fingerprint density at radius 1 is 0.336 bits per heavy atom. The maximum absolute atomic E-state index is 13.5. The molecule has 1 amide bonds. The Hall–Kier alpha value is -3.55. The summed E-state index contributed by atoms with van der Waals surface area (Å²) in [4.78, 5) is 13.5.